The maximum absolute atomic E-state index is 12.3. The lowest BCUT2D eigenvalue weighted by Crippen LogP contribution is -2.46. The van der Waals surface area contributed by atoms with E-state index in [2.05, 4.69) is 10.3 Å². The van der Waals surface area contributed by atoms with E-state index < -0.39 is 5.60 Å². The van der Waals surface area contributed by atoms with Gasteiger partial charge in [0.05, 0.1) is 17.2 Å². The molecule has 1 amide bonds. The van der Waals surface area contributed by atoms with E-state index in [0.717, 1.165) is 6.42 Å². The van der Waals surface area contributed by atoms with E-state index in [9.17, 15) is 9.59 Å². The van der Waals surface area contributed by atoms with E-state index in [1.54, 1.807) is 13.0 Å². The zero-order valence-electron chi connectivity index (χ0n) is 12.7. The molecule has 110 valence electrons. The molecule has 2 rings (SSSR count). The number of carbonyl (C=O) groups is 1. The lowest BCUT2D eigenvalue weighted by molar-refractivity contribution is -0.0693. The first-order chi connectivity index (χ1) is 9.09. The van der Waals surface area contributed by atoms with Crippen LogP contribution in [-0.4, -0.2) is 28.1 Å². The summed E-state index contributed by atoms with van der Waals surface area (Å²) in [4.78, 5) is 26.3. The van der Waals surface area contributed by atoms with Gasteiger partial charge in [-0.2, -0.15) is 0 Å². The van der Waals surface area contributed by atoms with Crippen molar-refractivity contribution in [2.24, 2.45) is 0 Å². The number of carbonyl (C=O) groups excluding carboxylic acids is 1. The summed E-state index contributed by atoms with van der Waals surface area (Å²) in [6.45, 7) is 9.71. The first kappa shape index (κ1) is 14.8. The molecule has 0 bridgehead atoms. The minimum atomic E-state index is -0.421. The Morgan fingerprint density at radius 1 is 1.35 bits per heavy atom. The van der Waals surface area contributed by atoms with Gasteiger partial charge < -0.3 is 15.0 Å². The first-order valence-electron chi connectivity index (χ1n) is 6.81. The summed E-state index contributed by atoms with van der Waals surface area (Å²) in [6, 6.07) is 2.91. The third-order valence-corrected chi connectivity index (χ3v) is 3.62. The molecule has 5 nitrogen and oxygen atoms in total. The minimum absolute atomic E-state index is 0.0791. The molecular formula is C15H22N2O3. The van der Waals surface area contributed by atoms with Gasteiger partial charge in [-0.1, -0.05) is 0 Å². The normalized spacial score (nSPS) is 23.6. The molecule has 2 heterocycles. The van der Waals surface area contributed by atoms with Crippen molar-refractivity contribution >= 4 is 5.91 Å². The van der Waals surface area contributed by atoms with Crippen LogP contribution >= 0.6 is 0 Å². The molecule has 1 aliphatic rings. The highest BCUT2D eigenvalue weighted by Gasteiger charge is 2.46. The van der Waals surface area contributed by atoms with E-state index in [1.807, 2.05) is 27.7 Å². The summed E-state index contributed by atoms with van der Waals surface area (Å²) in [6.07, 6.45) is 0.744. The third-order valence-electron chi connectivity index (χ3n) is 3.62. The van der Waals surface area contributed by atoms with Crippen LogP contribution in [0.25, 0.3) is 0 Å². The molecule has 0 aliphatic carbocycles. The van der Waals surface area contributed by atoms with Crippen molar-refractivity contribution in [3.05, 3.63) is 33.7 Å². The topological polar surface area (TPSA) is 71.2 Å². The second-order valence-corrected chi connectivity index (χ2v) is 6.61. The maximum atomic E-state index is 12.3. The quantitative estimate of drug-likeness (QED) is 0.866. The highest BCUT2D eigenvalue weighted by Crippen LogP contribution is 2.37. The number of aryl methyl sites for hydroxylation is 1. The number of hydrogen-bond acceptors (Lipinski definition) is 3. The number of H-pyrrole nitrogens is 1. The Kier molecular flexibility index (Phi) is 3.50. The minimum Gasteiger partial charge on any atom is -0.367 e. The van der Waals surface area contributed by atoms with Gasteiger partial charge in [-0.05, 0) is 47.1 Å². The van der Waals surface area contributed by atoms with Gasteiger partial charge in [0.15, 0.2) is 0 Å². The fraction of sp³-hybridized carbons (Fsp3) is 0.600. The molecule has 20 heavy (non-hydrogen) atoms. The number of pyridine rings is 1. The van der Waals surface area contributed by atoms with Crippen molar-refractivity contribution in [3.8, 4) is 0 Å². The van der Waals surface area contributed by atoms with Gasteiger partial charge >= 0.3 is 0 Å². The molecule has 0 saturated carbocycles. The highest BCUT2D eigenvalue weighted by molar-refractivity contribution is 5.94. The molecule has 1 aromatic rings. The number of amides is 1. The number of ether oxygens (including phenoxy) is 1. The van der Waals surface area contributed by atoms with Crippen LogP contribution in [0.15, 0.2) is 16.9 Å². The molecule has 0 aromatic carbocycles. The molecule has 1 unspecified atom stereocenters. The van der Waals surface area contributed by atoms with Crippen LogP contribution in [0.2, 0.25) is 0 Å². The van der Waals surface area contributed by atoms with E-state index in [1.165, 1.54) is 6.07 Å². The average Bonchev–Trinajstić information content (AvgIpc) is 2.44. The van der Waals surface area contributed by atoms with Gasteiger partial charge in [-0.3, -0.25) is 9.59 Å². The highest BCUT2D eigenvalue weighted by atomic mass is 16.5. The standard InChI is InChI=1S/C15H22N2O3/c1-9-6-10(7-12(18)16-9)13(19)17-11-8-14(2,3)20-15(11,4)5/h6-7,11H,8H2,1-5H3,(H,16,18)(H,17,19). The molecule has 1 aromatic heterocycles. The Labute approximate surface area is 118 Å². The molecule has 0 radical (unpaired) electrons. The number of hydrogen-bond donors (Lipinski definition) is 2. The fourth-order valence-electron chi connectivity index (χ4n) is 2.84. The van der Waals surface area contributed by atoms with Gasteiger partial charge in [0, 0.05) is 17.3 Å². The Morgan fingerprint density at radius 3 is 2.50 bits per heavy atom. The van der Waals surface area contributed by atoms with Crippen molar-refractivity contribution in [2.75, 3.05) is 0 Å². The molecule has 5 heteroatoms. The zero-order chi connectivity index (χ0) is 15.1. The molecule has 2 N–H and O–H groups in total. The summed E-state index contributed by atoms with van der Waals surface area (Å²) in [5.74, 6) is -0.237. The smallest absolute Gasteiger partial charge is 0.251 e. The SMILES string of the molecule is Cc1cc(C(=O)NC2CC(C)(C)OC2(C)C)cc(=O)[nH]1. The molecule has 1 fully saturated rings. The molecule has 1 aliphatic heterocycles. The Balaban J connectivity index is 2.18. The van der Waals surface area contributed by atoms with Gasteiger partial charge in [-0.15, -0.1) is 0 Å². The van der Waals surface area contributed by atoms with Crippen molar-refractivity contribution in [1.82, 2.24) is 10.3 Å². The van der Waals surface area contributed by atoms with E-state index in [-0.39, 0.29) is 23.1 Å². The zero-order valence-corrected chi connectivity index (χ0v) is 12.7. The average molecular weight is 278 g/mol. The van der Waals surface area contributed by atoms with Gasteiger partial charge in [0.25, 0.3) is 5.91 Å². The van der Waals surface area contributed by atoms with Crippen LogP contribution < -0.4 is 10.9 Å². The van der Waals surface area contributed by atoms with Gasteiger partial charge in [-0.25, -0.2) is 0 Å². The largest absolute Gasteiger partial charge is 0.367 e. The fourth-order valence-corrected chi connectivity index (χ4v) is 2.84. The number of nitrogens with one attached hydrogen (secondary N) is 2. The summed E-state index contributed by atoms with van der Waals surface area (Å²) in [5, 5.41) is 2.98. The van der Waals surface area contributed by atoms with E-state index in [0.29, 0.717) is 11.3 Å². The van der Waals surface area contributed by atoms with Crippen LogP contribution in [0, 0.1) is 6.92 Å². The van der Waals surface area contributed by atoms with E-state index in [4.69, 9.17) is 4.74 Å². The maximum Gasteiger partial charge on any atom is 0.251 e. The molecule has 0 spiro atoms. The molecule has 1 atom stereocenters. The lowest BCUT2D eigenvalue weighted by Gasteiger charge is -2.27. The summed E-state index contributed by atoms with van der Waals surface area (Å²) >= 11 is 0. The second-order valence-electron chi connectivity index (χ2n) is 6.61. The van der Waals surface area contributed by atoms with Crippen LogP contribution in [0.1, 0.15) is 50.2 Å². The second kappa shape index (κ2) is 4.74. The Morgan fingerprint density at radius 2 is 2.00 bits per heavy atom. The summed E-state index contributed by atoms with van der Waals surface area (Å²) in [5.41, 5.74) is 0.107. The number of rotatable bonds is 2. The molecular weight excluding hydrogens is 256 g/mol. The Hall–Kier alpha value is -1.62. The predicted molar refractivity (Wildman–Crippen MR) is 76.9 cm³/mol. The van der Waals surface area contributed by atoms with Crippen LogP contribution in [-0.2, 0) is 4.74 Å². The number of aromatic nitrogens is 1. The monoisotopic (exact) mass is 278 g/mol. The predicted octanol–water partition coefficient (Wildman–Crippen LogP) is 1.76. The summed E-state index contributed by atoms with van der Waals surface area (Å²) in [7, 11) is 0. The van der Waals surface area contributed by atoms with Crippen LogP contribution in [0.4, 0.5) is 0 Å². The van der Waals surface area contributed by atoms with Crippen molar-refractivity contribution < 1.29 is 9.53 Å². The van der Waals surface area contributed by atoms with Gasteiger partial charge in [0.2, 0.25) is 5.56 Å². The number of aromatic amines is 1. The van der Waals surface area contributed by atoms with Gasteiger partial charge in [0.1, 0.15) is 0 Å². The Bertz CT molecular complexity index is 587. The first-order valence-corrected chi connectivity index (χ1v) is 6.81. The van der Waals surface area contributed by atoms with Crippen LogP contribution in [0.5, 0.6) is 0 Å². The lowest BCUT2D eigenvalue weighted by atomic mass is 9.94. The summed E-state index contributed by atoms with van der Waals surface area (Å²) < 4.78 is 5.95. The molecule has 1 saturated heterocycles. The van der Waals surface area contributed by atoms with Crippen molar-refractivity contribution in [2.45, 2.75) is 58.3 Å². The van der Waals surface area contributed by atoms with Crippen molar-refractivity contribution in [1.29, 1.82) is 0 Å². The van der Waals surface area contributed by atoms with Crippen molar-refractivity contribution in [3.63, 3.8) is 0 Å². The third kappa shape index (κ3) is 3.10. The van der Waals surface area contributed by atoms with Crippen LogP contribution in [0.3, 0.4) is 0 Å². The van der Waals surface area contributed by atoms with E-state index >= 15 is 0 Å².